The van der Waals surface area contributed by atoms with Gasteiger partial charge in [0.15, 0.2) is 0 Å². The second kappa shape index (κ2) is 8.71. The molecule has 0 spiro atoms. The summed E-state index contributed by atoms with van der Waals surface area (Å²) in [5, 5.41) is 8.53. The van der Waals surface area contributed by atoms with Gasteiger partial charge in [0.25, 0.3) is 0 Å². The molecule has 96 valence electrons. The van der Waals surface area contributed by atoms with Gasteiger partial charge in [0.1, 0.15) is 5.78 Å². The molecule has 0 aliphatic rings. The maximum Gasteiger partial charge on any atom is 0.306 e. The lowest BCUT2D eigenvalue weighted by Crippen LogP contribution is -2.33. The first-order chi connectivity index (χ1) is 8.01. The molecule has 0 aliphatic heterocycles. The van der Waals surface area contributed by atoms with E-state index in [9.17, 15) is 9.59 Å². The van der Waals surface area contributed by atoms with Crippen LogP contribution in [-0.4, -0.2) is 42.9 Å². The highest BCUT2D eigenvalue weighted by molar-refractivity contribution is 5.84. The van der Waals surface area contributed by atoms with Gasteiger partial charge in [-0.1, -0.05) is 0 Å². The summed E-state index contributed by atoms with van der Waals surface area (Å²) in [5.41, 5.74) is 0. The first-order valence-electron chi connectivity index (χ1n) is 5.75. The molecule has 5 heteroatoms. The highest BCUT2D eigenvalue weighted by Crippen LogP contribution is 2.02. The van der Waals surface area contributed by atoms with Crippen LogP contribution in [0.4, 0.5) is 0 Å². The van der Waals surface area contributed by atoms with Crippen LogP contribution in [0.2, 0.25) is 0 Å². The number of esters is 1. The molecule has 0 radical (unpaired) electrons. The molecular formula is C12H20N2O3. The number of nitriles is 1. The van der Waals surface area contributed by atoms with Crippen LogP contribution in [0.5, 0.6) is 0 Å². The average molecular weight is 240 g/mol. The zero-order chi connectivity index (χ0) is 13.3. The lowest BCUT2D eigenvalue weighted by Gasteiger charge is -2.21. The Labute approximate surface area is 102 Å². The molecule has 1 unspecified atom stereocenters. The van der Waals surface area contributed by atoms with E-state index in [0.29, 0.717) is 13.0 Å². The normalized spacial score (nSPS) is 11.9. The number of carbonyl (C=O) groups is 2. The second-order valence-electron chi connectivity index (χ2n) is 3.97. The van der Waals surface area contributed by atoms with Crippen molar-refractivity contribution >= 4 is 11.8 Å². The summed E-state index contributed by atoms with van der Waals surface area (Å²) < 4.78 is 4.74. The third-order valence-electron chi connectivity index (χ3n) is 2.48. The van der Waals surface area contributed by atoms with Gasteiger partial charge in [-0.15, -0.1) is 0 Å². The van der Waals surface area contributed by atoms with Gasteiger partial charge >= 0.3 is 5.97 Å². The van der Waals surface area contributed by atoms with Crippen LogP contribution >= 0.6 is 0 Å². The Hall–Kier alpha value is -1.41. The number of ketones is 1. The van der Waals surface area contributed by atoms with Crippen LogP contribution in [0.1, 0.15) is 33.1 Å². The number of Topliss-reactive ketones (excluding diaryl/α,β-unsaturated/α-hetero) is 1. The number of hydrogen-bond acceptors (Lipinski definition) is 5. The van der Waals surface area contributed by atoms with E-state index < -0.39 is 0 Å². The van der Waals surface area contributed by atoms with E-state index in [0.717, 1.165) is 0 Å². The van der Waals surface area contributed by atoms with E-state index in [2.05, 4.69) is 6.07 Å². The Kier molecular flexibility index (Phi) is 7.99. The highest BCUT2D eigenvalue weighted by Gasteiger charge is 2.14. The first kappa shape index (κ1) is 15.6. The van der Waals surface area contributed by atoms with Crippen molar-refractivity contribution in [1.82, 2.24) is 4.90 Å². The Morgan fingerprint density at radius 1 is 1.41 bits per heavy atom. The van der Waals surface area contributed by atoms with Crippen LogP contribution in [-0.2, 0) is 14.3 Å². The molecule has 0 N–H and O–H groups in total. The summed E-state index contributed by atoms with van der Waals surface area (Å²) in [4.78, 5) is 24.4. The Bertz CT molecular complexity index is 297. The molecule has 1 atom stereocenters. The molecule has 0 fully saturated rings. The van der Waals surface area contributed by atoms with Crippen molar-refractivity contribution in [3.8, 4) is 6.07 Å². The third-order valence-corrected chi connectivity index (χ3v) is 2.48. The van der Waals surface area contributed by atoms with Crippen molar-refractivity contribution in [2.24, 2.45) is 0 Å². The van der Waals surface area contributed by atoms with E-state index in [1.165, 1.54) is 0 Å². The van der Waals surface area contributed by atoms with Crippen molar-refractivity contribution in [1.29, 1.82) is 5.26 Å². The van der Waals surface area contributed by atoms with E-state index in [4.69, 9.17) is 10.00 Å². The number of rotatable bonds is 8. The molecule has 0 heterocycles. The standard InChI is InChI=1S/C12H20N2O3/c1-4-17-12(16)6-5-11(15)9-14(3)10(2)7-8-13/h10H,4-7,9H2,1-3H3. The molecule has 0 rings (SSSR count). The number of nitrogens with zero attached hydrogens (tertiary/aromatic N) is 2. The quantitative estimate of drug-likeness (QED) is 0.595. The number of carbonyl (C=O) groups excluding carboxylic acids is 2. The molecule has 5 nitrogen and oxygen atoms in total. The Balaban J connectivity index is 3.86. The molecule has 0 aromatic rings. The summed E-state index contributed by atoms with van der Waals surface area (Å²) in [6, 6.07) is 2.11. The minimum Gasteiger partial charge on any atom is -0.466 e. The number of ether oxygens (including phenoxy) is 1. The molecule has 0 bridgehead atoms. The zero-order valence-corrected chi connectivity index (χ0v) is 10.7. The van der Waals surface area contributed by atoms with Gasteiger partial charge in [0.05, 0.1) is 32.1 Å². The maximum atomic E-state index is 11.5. The van der Waals surface area contributed by atoms with Crippen molar-refractivity contribution in [2.45, 2.75) is 39.2 Å². The minimum atomic E-state index is -0.339. The van der Waals surface area contributed by atoms with Crippen molar-refractivity contribution in [3.63, 3.8) is 0 Å². The summed E-state index contributed by atoms with van der Waals surface area (Å²) in [6.45, 7) is 4.23. The average Bonchev–Trinajstić information content (AvgIpc) is 2.27. The fourth-order valence-corrected chi connectivity index (χ4v) is 1.28. The molecule has 0 aliphatic carbocycles. The maximum absolute atomic E-state index is 11.5. The van der Waals surface area contributed by atoms with E-state index >= 15 is 0 Å². The van der Waals surface area contributed by atoms with Gasteiger partial charge in [0.2, 0.25) is 0 Å². The number of hydrogen-bond donors (Lipinski definition) is 0. The minimum absolute atomic E-state index is 0.00894. The molecule has 0 aromatic heterocycles. The molecule has 17 heavy (non-hydrogen) atoms. The van der Waals surface area contributed by atoms with E-state index in [-0.39, 0.29) is 37.2 Å². The lowest BCUT2D eigenvalue weighted by atomic mass is 10.1. The zero-order valence-electron chi connectivity index (χ0n) is 10.7. The smallest absolute Gasteiger partial charge is 0.306 e. The number of likely N-dealkylation sites (N-methyl/N-ethyl adjacent to an activating group) is 1. The van der Waals surface area contributed by atoms with Gasteiger partial charge in [-0.2, -0.15) is 5.26 Å². The fourth-order valence-electron chi connectivity index (χ4n) is 1.28. The third kappa shape index (κ3) is 7.47. The largest absolute Gasteiger partial charge is 0.466 e. The molecule has 0 saturated heterocycles. The second-order valence-corrected chi connectivity index (χ2v) is 3.97. The van der Waals surface area contributed by atoms with E-state index in [1.807, 2.05) is 11.8 Å². The van der Waals surface area contributed by atoms with Gasteiger partial charge in [-0.05, 0) is 20.9 Å². The molecule has 0 aromatic carbocycles. The van der Waals surface area contributed by atoms with Gasteiger partial charge < -0.3 is 4.74 Å². The summed E-state index contributed by atoms with van der Waals surface area (Å²) in [6.07, 6.45) is 0.719. The SMILES string of the molecule is CCOC(=O)CCC(=O)CN(C)C(C)CC#N. The van der Waals surface area contributed by atoms with Crippen LogP contribution < -0.4 is 0 Å². The van der Waals surface area contributed by atoms with Crippen LogP contribution in [0.25, 0.3) is 0 Å². The van der Waals surface area contributed by atoms with Gasteiger partial charge in [0, 0.05) is 12.5 Å². The van der Waals surface area contributed by atoms with Crippen LogP contribution in [0.3, 0.4) is 0 Å². The summed E-state index contributed by atoms with van der Waals surface area (Å²) >= 11 is 0. The lowest BCUT2D eigenvalue weighted by molar-refractivity contribution is -0.144. The predicted octanol–water partition coefficient (Wildman–Crippen LogP) is 1.13. The Morgan fingerprint density at radius 2 is 2.06 bits per heavy atom. The highest BCUT2D eigenvalue weighted by atomic mass is 16.5. The molecule has 0 saturated carbocycles. The van der Waals surface area contributed by atoms with Gasteiger partial charge in [-0.3, -0.25) is 14.5 Å². The fraction of sp³-hybridized carbons (Fsp3) is 0.750. The van der Waals surface area contributed by atoms with Crippen LogP contribution in [0.15, 0.2) is 0 Å². The molecular weight excluding hydrogens is 220 g/mol. The van der Waals surface area contributed by atoms with Crippen LogP contribution in [0, 0.1) is 11.3 Å². The summed E-state index contributed by atoms with van der Waals surface area (Å²) in [7, 11) is 1.80. The summed E-state index contributed by atoms with van der Waals surface area (Å²) in [5.74, 6) is -0.348. The first-order valence-corrected chi connectivity index (χ1v) is 5.75. The van der Waals surface area contributed by atoms with Crippen molar-refractivity contribution < 1.29 is 14.3 Å². The predicted molar refractivity (Wildman–Crippen MR) is 63.2 cm³/mol. The van der Waals surface area contributed by atoms with E-state index in [1.54, 1.807) is 14.0 Å². The molecule has 0 amide bonds. The van der Waals surface area contributed by atoms with Gasteiger partial charge in [-0.25, -0.2) is 0 Å². The van der Waals surface area contributed by atoms with Crippen molar-refractivity contribution in [3.05, 3.63) is 0 Å². The van der Waals surface area contributed by atoms with Crippen molar-refractivity contribution in [2.75, 3.05) is 20.2 Å². The topological polar surface area (TPSA) is 70.4 Å². The Morgan fingerprint density at radius 3 is 2.59 bits per heavy atom. The monoisotopic (exact) mass is 240 g/mol.